The Morgan fingerprint density at radius 1 is 1.30 bits per heavy atom. The summed E-state index contributed by atoms with van der Waals surface area (Å²) in [5.74, 6) is 2.79. The predicted molar refractivity (Wildman–Crippen MR) is 86.1 cm³/mol. The lowest BCUT2D eigenvalue weighted by Gasteiger charge is -2.33. The van der Waals surface area contributed by atoms with E-state index in [1.54, 1.807) is 0 Å². The highest BCUT2D eigenvalue weighted by molar-refractivity contribution is 9.10. The first-order valence-corrected chi connectivity index (χ1v) is 8.60. The van der Waals surface area contributed by atoms with Crippen molar-refractivity contribution in [3.63, 3.8) is 0 Å². The van der Waals surface area contributed by atoms with Crippen molar-refractivity contribution in [1.29, 1.82) is 0 Å². The van der Waals surface area contributed by atoms with E-state index in [1.165, 1.54) is 34.9 Å². The third-order valence-electron chi connectivity index (χ3n) is 4.81. The molecule has 110 valence electrons. The number of hydrogen-bond donors (Lipinski definition) is 1. The van der Waals surface area contributed by atoms with Crippen LogP contribution in [0.25, 0.3) is 0 Å². The van der Waals surface area contributed by atoms with Gasteiger partial charge in [0.2, 0.25) is 0 Å². The number of ether oxygens (including phenoxy) is 1. The second kappa shape index (κ2) is 6.07. The summed E-state index contributed by atoms with van der Waals surface area (Å²) in [5.41, 5.74) is 2.65. The van der Waals surface area contributed by atoms with Gasteiger partial charge in [-0.1, -0.05) is 29.8 Å². The molecule has 0 radical (unpaired) electrons. The Bertz CT molecular complexity index is 488. The van der Waals surface area contributed by atoms with E-state index in [-0.39, 0.29) is 0 Å². The monoisotopic (exact) mass is 337 g/mol. The summed E-state index contributed by atoms with van der Waals surface area (Å²) in [6, 6.07) is 5.05. The quantitative estimate of drug-likeness (QED) is 0.887. The Hall–Kier alpha value is -0.540. The fraction of sp³-hybridized carbons (Fsp3) is 0.647. The Kier molecular flexibility index (Phi) is 4.37. The molecule has 1 fully saturated rings. The zero-order chi connectivity index (χ0) is 14.1. The minimum Gasteiger partial charge on any atom is -0.493 e. The van der Waals surface area contributed by atoms with Gasteiger partial charge in [0.25, 0.3) is 0 Å². The van der Waals surface area contributed by atoms with E-state index in [0.717, 1.165) is 37.2 Å². The van der Waals surface area contributed by atoms with E-state index < -0.39 is 0 Å². The molecule has 2 nitrogen and oxygen atoms in total. The third-order valence-corrected chi connectivity index (χ3v) is 5.27. The van der Waals surface area contributed by atoms with Gasteiger partial charge in [-0.3, -0.25) is 0 Å². The summed E-state index contributed by atoms with van der Waals surface area (Å²) in [4.78, 5) is 0. The Morgan fingerprint density at radius 2 is 2.15 bits per heavy atom. The molecule has 1 N–H and O–H groups in total. The molecule has 1 saturated carbocycles. The van der Waals surface area contributed by atoms with Gasteiger partial charge in [0, 0.05) is 29.0 Å². The van der Waals surface area contributed by atoms with E-state index in [2.05, 4.69) is 47.2 Å². The lowest BCUT2D eigenvalue weighted by Crippen LogP contribution is -2.38. The molecule has 3 rings (SSSR count). The van der Waals surface area contributed by atoms with Crippen molar-refractivity contribution in [2.24, 2.45) is 11.8 Å². The van der Waals surface area contributed by atoms with Crippen LogP contribution in [0.2, 0.25) is 0 Å². The van der Waals surface area contributed by atoms with Gasteiger partial charge in [-0.25, -0.2) is 0 Å². The lowest BCUT2D eigenvalue weighted by atomic mass is 9.80. The van der Waals surface area contributed by atoms with Crippen molar-refractivity contribution < 1.29 is 4.74 Å². The second-order valence-electron chi connectivity index (χ2n) is 6.53. The first kappa shape index (κ1) is 14.4. The SMILES string of the molecule is CC1CCC(NCc2cc(Br)cc3c2OCC3)C(C)C1. The van der Waals surface area contributed by atoms with Crippen molar-refractivity contribution in [3.8, 4) is 5.75 Å². The Balaban J connectivity index is 1.67. The fourth-order valence-corrected chi connectivity index (χ4v) is 4.24. The number of rotatable bonds is 3. The number of hydrogen-bond acceptors (Lipinski definition) is 2. The second-order valence-corrected chi connectivity index (χ2v) is 7.45. The molecule has 3 heteroatoms. The van der Waals surface area contributed by atoms with Gasteiger partial charge in [0.1, 0.15) is 5.75 Å². The molecule has 1 heterocycles. The molecule has 1 aliphatic heterocycles. The molecule has 0 spiro atoms. The zero-order valence-electron chi connectivity index (χ0n) is 12.4. The maximum atomic E-state index is 5.81. The van der Waals surface area contributed by atoms with Crippen LogP contribution in [0.15, 0.2) is 16.6 Å². The van der Waals surface area contributed by atoms with Crippen LogP contribution in [-0.4, -0.2) is 12.6 Å². The smallest absolute Gasteiger partial charge is 0.127 e. The van der Waals surface area contributed by atoms with Gasteiger partial charge in [0.05, 0.1) is 6.61 Å². The minimum absolute atomic E-state index is 0.655. The van der Waals surface area contributed by atoms with E-state index in [0.29, 0.717) is 6.04 Å². The molecular formula is C17H24BrNO. The Labute approximate surface area is 130 Å². The molecule has 1 aromatic carbocycles. The molecule has 20 heavy (non-hydrogen) atoms. The zero-order valence-corrected chi connectivity index (χ0v) is 14.0. The number of benzene rings is 1. The topological polar surface area (TPSA) is 21.3 Å². The molecule has 3 atom stereocenters. The lowest BCUT2D eigenvalue weighted by molar-refractivity contribution is 0.226. The number of halogens is 1. The molecule has 2 aliphatic rings. The van der Waals surface area contributed by atoms with Gasteiger partial charge in [0.15, 0.2) is 0 Å². The first-order chi connectivity index (χ1) is 9.63. The summed E-state index contributed by atoms with van der Waals surface area (Å²) >= 11 is 3.62. The predicted octanol–water partition coefficient (Wildman–Crippen LogP) is 4.30. The maximum Gasteiger partial charge on any atom is 0.127 e. The van der Waals surface area contributed by atoms with E-state index in [4.69, 9.17) is 4.74 Å². The summed E-state index contributed by atoms with van der Waals surface area (Å²) in [6.07, 6.45) is 5.05. The van der Waals surface area contributed by atoms with Crippen LogP contribution in [-0.2, 0) is 13.0 Å². The summed E-state index contributed by atoms with van der Waals surface area (Å²) in [6.45, 7) is 6.51. The third kappa shape index (κ3) is 3.04. The average molecular weight is 338 g/mol. The maximum absolute atomic E-state index is 5.81. The molecule has 0 aromatic heterocycles. The molecule has 3 unspecified atom stereocenters. The summed E-state index contributed by atoms with van der Waals surface area (Å²) in [5, 5.41) is 3.76. The highest BCUT2D eigenvalue weighted by Crippen LogP contribution is 2.34. The highest BCUT2D eigenvalue weighted by atomic mass is 79.9. The van der Waals surface area contributed by atoms with Crippen LogP contribution < -0.4 is 10.1 Å². The van der Waals surface area contributed by atoms with Crippen LogP contribution in [0.3, 0.4) is 0 Å². The number of nitrogens with one attached hydrogen (secondary N) is 1. The van der Waals surface area contributed by atoms with Gasteiger partial charge in [-0.15, -0.1) is 0 Å². The van der Waals surface area contributed by atoms with Gasteiger partial charge >= 0.3 is 0 Å². The average Bonchev–Trinajstić information content (AvgIpc) is 2.85. The van der Waals surface area contributed by atoms with E-state index >= 15 is 0 Å². The van der Waals surface area contributed by atoms with Gasteiger partial charge < -0.3 is 10.1 Å². The van der Waals surface area contributed by atoms with Crippen LogP contribution in [0.4, 0.5) is 0 Å². The van der Waals surface area contributed by atoms with Crippen molar-refractivity contribution in [1.82, 2.24) is 5.32 Å². The summed E-state index contributed by atoms with van der Waals surface area (Å²) in [7, 11) is 0. The highest BCUT2D eigenvalue weighted by Gasteiger charge is 2.25. The van der Waals surface area contributed by atoms with Crippen molar-refractivity contribution in [2.75, 3.05) is 6.61 Å². The summed E-state index contributed by atoms with van der Waals surface area (Å²) < 4.78 is 6.98. The molecule has 1 aliphatic carbocycles. The Morgan fingerprint density at radius 3 is 2.95 bits per heavy atom. The van der Waals surface area contributed by atoms with Crippen molar-refractivity contribution in [2.45, 2.75) is 52.1 Å². The van der Waals surface area contributed by atoms with Crippen molar-refractivity contribution in [3.05, 3.63) is 27.7 Å². The minimum atomic E-state index is 0.655. The normalized spacial score (nSPS) is 29.1. The van der Waals surface area contributed by atoms with Gasteiger partial charge in [-0.05, 0) is 48.8 Å². The standard InChI is InChI=1S/C17H24BrNO/c1-11-3-4-16(12(2)7-11)19-10-14-9-15(18)8-13-5-6-20-17(13)14/h8-9,11-12,16,19H,3-7,10H2,1-2H3. The fourth-order valence-electron chi connectivity index (χ4n) is 3.69. The van der Waals surface area contributed by atoms with E-state index in [1.807, 2.05) is 0 Å². The van der Waals surface area contributed by atoms with Crippen LogP contribution in [0.1, 0.15) is 44.2 Å². The van der Waals surface area contributed by atoms with Crippen LogP contribution in [0, 0.1) is 11.8 Å². The van der Waals surface area contributed by atoms with Crippen molar-refractivity contribution >= 4 is 15.9 Å². The molecule has 0 bridgehead atoms. The van der Waals surface area contributed by atoms with Gasteiger partial charge in [-0.2, -0.15) is 0 Å². The van der Waals surface area contributed by atoms with Crippen LogP contribution >= 0.6 is 15.9 Å². The number of fused-ring (bicyclic) bond motifs is 1. The largest absolute Gasteiger partial charge is 0.493 e. The molecular weight excluding hydrogens is 314 g/mol. The molecule has 0 saturated heterocycles. The molecule has 1 aromatic rings. The van der Waals surface area contributed by atoms with Crippen LogP contribution in [0.5, 0.6) is 5.75 Å². The van der Waals surface area contributed by atoms with E-state index in [9.17, 15) is 0 Å². The first-order valence-electron chi connectivity index (χ1n) is 7.81. The molecule has 0 amide bonds.